The van der Waals surface area contributed by atoms with Crippen molar-refractivity contribution >= 4 is 35.2 Å². The van der Waals surface area contributed by atoms with Gasteiger partial charge in [-0.1, -0.05) is 81.8 Å². The van der Waals surface area contributed by atoms with Crippen LogP contribution in [-0.2, 0) is 16.8 Å². The minimum absolute atomic E-state index is 0.00710. The van der Waals surface area contributed by atoms with Gasteiger partial charge in [0.1, 0.15) is 11.2 Å². The predicted octanol–water partition coefficient (Wildman–Crippen LogP) is 4.27. The summed E-state index contributed by atoms with van der Waals surface area (Å²) < 4.78 is 2.46. The molecule has 0 atom stereocenters. The van der Waals surface area contributed by atoms with Gasteiger partial charge in [-0.05, 0) is 48.3 Å². The highest BCUT2D eigenvalue weighted by Crippen LogP contribution is 2.22. The van der Waals surface area contributed by atoms with Crippen molar-refractivity contribution in [2.24, 2.45) is 5.92 Å². The third-order valence-electron chi connectivity index (χ3n) is 7.03. The molecule has 1 fully saturated rings. The fraction of sp³-hybridized carbons (Fsp3) is 0.387. The number of Topliss-reactive ketones (excluding diaryl/α,β-unsaturated/α-hetero) is 1. The molecular weight excluding hydrogens is 480 g/mol. The Morgan fingerprint density at radius 2 is 1.62 bits per heavy atom. The Morgan fingerprint density at radius 1 is 1.00 bits per heavy atom. The Hall–Kier alpha value is -3.25. The summed E-state index contributed by atoms with van der Waals surface area (Å²) >= 11 is 1.25. The molecule has 1 aliphatic rings. The van der Waals surface area contributed by atoms with Crippen LogP contribution >= 0.6 is 11.3 Å². The van der Waals surface area contributed by atoms with Crippen molar-refractivity contribution in [2.45, 2.75) is 59.4 Å². The van der Waals surface area contributed by atoms with Crippen LogP contribution in [0.15, 0.2) is 53.3 Å². The summed E-state index contributed by atoms with van der Waals surface area (Å²) in [5.74, 6) is 0.344. The average molecular weight is 517 g/mol. The summed E-state index contributed by atoms with van der Waals surface area (Å²) in [4.78, 5) is 41.6. The molecule has 2 heterocycles. The third kappa shape index (κ3) is 6.55. The molecule has 0 aliphatic carbocycles. The molecule has 0 saturated carbocycles. The number of benzene rings is 2. The number of aryl methyl sites for hydroxylation is 1. The fourth-order valence-electron chi connectivity index (χ4n) is 4.43. The minimum Gasteiger partial charge on any atom is -0.341 e. The maximum absolute atomic E-state index is 13.4. The van der Waals surface area contributed by atoms with Crippen LogP contribution in [0.25, 0.3) is 12.2 Å². The molecule has 0 radical (unpaired) electrons. The Bertz CT molecular complexity index is 1450. The highest BCUT2D eigenvalue weighted by molar-refractivity contribution is 7.07. The minimum atomic E-state index is -0.244. The predicted molar refractivity (Wildman–Crippen MR) is 151 cm³/mol. The van der Waals surface area contributed by atoms with Crippen molar-refractivity contribution in [2.75, 3.05) is 13.1 Å². The number of likely N-dealkylation sites (tertiary alicyclic amines) is 1. The fourth-order valence-corrected chi connectivity index (χ4v) is 5.47. The average Bonchev–Trinajstić information content (AvgIpc) is 3.14. The van der Waals surface area contributed by atoms with Gasteiger partial charge in [-0.2, -0.15) is 0 Å². The molecule has 0 N–H and O–H groups in total. The van der Waals surface area contributed by atoms with Crippen LogP contribution in [0, 0.1) is 12.8 Å². The first-order valence-electron chi connectivity index (χ1n) is 12.9. The third-order valence-corrected chi connectivity index (χ3v) is 8.09. The van der Waals surface area contributed by atoms with E-state index in [1.54, 1.807) is 0 Å². The molecule has 0 unspecified atom stereocenters. The van der Waals surface area contributed by atoms with Crippen LogP contribution in [-0.4, -0.2) is 34.2 Å². The number of nitrogens with zero attached hydrogens (tertiary/aromatic N) is 2. The van der Waals surface area contributed by atoms with Gasteiger partial charge in [0.15, 0.2) is 5.78 Å². The van der Waals surface area contributed by atoms with Crippen LogP contribution in [0.2, 0.25) is 0 Å². The number of aromatic nitrogens is 1. The molecule has 37 heavy (non-hydrogen) atoms. The summed E-state index contributed by atoms with van der Waals surface area (Å²) in [7, 11) is 0. The van der Waals surface area contributed by atoms with Gasteiger partial charge < -0.3 is 4.90 Å². The zero-order chi connectivity index (χ0) is 26.7. The van der Waals surface area contributed by atoms with Crippen molar-refractivity contribution < 1.29 is 9.59 Å². The van der Waals surface area contributed by atoms with Gasteiger partial charge in [0.05, 0.1) is 4.53 Å². The summed E-state index contributed by atoms with van der Waals surface area (Å²) in [6.45, 7) is 12.0. The van der Waals surface area contributed by atoms with Gasteiger partial charge >= 0.3 is 0 Å². The lowest BCUT2D eigenvalue weighted by Crippen LogP contribution is -2.43. The SMILES string of the molecule is Cc1ccc(/C=c2\s/c(=C\C(=O)c3ccc(C(C)(C)C)cc3)n(CC(=O)N3CCC(C)CC3)c2=O)cc1. The highest BCUT2D eigenvalue weighted by Gasteiger charge is 2.22. The van der Waals surface area contributed by atoms with E-state index < -0.39 is 0 Å². The van der Waals surface area contributed by atoms with Gasteiger partial charge in [0, 0.05) is 24.7 Å². The van der Waals surface area contributed by atoms with Crippen LogP contribution in [0.1, 0.15) is 67.6 Å². The van der Waals surface area contributed by atoms with E-state index in [-0.39, 0.29) is 29.2 Å². The molecule has 4 rings (SSSR count). The highest BCUT2D eigenvalue weighted by atomic mass is 32.1. The first-order valence-corrected chi connectivity index (χ1v) is 13.8. The van der Waals surface area contributed by atoms with Crippen molar-refractivity contribution in [1.29, 1.82) is 0 Å². The summed E-state index contributed by atoms with van der Waals surface area (Å²) in [5.41, 5.74) is 3.50. The number of amides is 1. The number of rotatable bonds is 5. The molecule has 3 aromatic rings. The van der Waals surface area contributed by atoms with E-state index in [9.17, 15) is 14.4 Å². The number of hydrogen-bond donors (Lipinski definition) is 0. The number of carbonyl (C=O) groups excluding carboxylic acids is 2. The van der Waals surface area contributed by atoms with Crippen molar-refractivity contribution in [3.05, 3.63) is 90.3 Å². The maximum atomic E-state index is 13.4. The van der Waals surface area contributed by atoms with E-state index in [2.05, 4.69) is 27.7 Å². The molecule has 1 aliphatic heterocycles. The Morgan fingerprint density at radius 3 is 2.22 bits per heavy atom. The monoisotopic (exact) mass is 516 g/mol. The Balaban J connectivity index is 1.73. The van der Waals surface area contributed by atoms with E-state index in [1.807, 2.05) is 66.4 Å². The first kappa shape index (κ1) is 26.8. The summed E-state index contributed by atoms with van der Waals surface area (Å²) in [5, 5.41) is 0. The quantitative estimate of drug-likeness (QED) is 0.476. The first-order chi connectivity index (χ1) is 17.5. The zero-order valence-electron chi connectivity index (χ0n) is 22.4. The normalized spacial score (nSPS) is 15.9. The van der Waals surface area contributed by atoms with E-state index in [0.717, 1.165) is 29.5 Å². The van der Waals surface area contributed by atoms with E-state index >= 15 is 0 Å². The standard InChI is InChI=1S/C31H36N2O3S/c1-21-6-8-23(9-7-21)18-27-30(36)33(20-28(35)32-16-14-22(2)15-17-32)29(37-27)19-26(34)24-10-12-25(13-11-24)31(3,4)5/h6-13,18-19,22H,14-17,20H2,1-5H3/b27-18-,29-19-. The van der Waals surface area contributed by atoms with E-state index in [1.165, 1.54) is 22.0 Å². The molecule has 0 spiro atoms. The number of thiazole rings is 1. The lowest BCUT2D eigenvalue weighted by molar-refractivity contribution is -0.133. The molecule has 194 valence electrons. The van der Waals surface area contributed by atoms with Crippen molar-refractivity contribution in [3.63, 3.8) is 0 Å². The number of hydrogen-bond acceptors (Lipinski definition) is 4. The molecule has 6 heteroatoms. The maximum Gasteiger partial charge on any atom is 0.269 e. The molecule has 5 nitrogen and oxygen atoms in total. The van der Waals surface area contributed by atoms with Gasteiger partial charge in [-0.3, -0.25) is 19.0 Å². The molecule has 0 bridgehead atoms. The number of ketones is 1. The van der Waals surface area contributed by atoms with Gasteiger partial charge in [-0.15, -0.1) is 11.3 Å². The van der Waals surface area contributed by atoms with Gasteiger partial charge in [-0.25, -0.2) is 0 Å². The molecular formula is C31H36N2O3S. The number of piperidine rings is 1. The molecule has 2 aromatic carbocycles. The van der Waals surface area contributed by atoms with Gasteiger partial charge in [0.2, 0.25) is 5.91 Å². The van der Waals surface area contributed by atoms with Crippen molar-refractivity contribution in [1.82, 2.24) is 9.47 Å². The second kappa shape index (κ2) is 11.0. The Labute approximate surface area is 222 Å². The second-order valence-corrected chi connectivity index (χ2v) is 12.2. The molecule has 1 saturated heterocycles. The largest absolute Gasteiger partial charge is 0.341 e. The van der Waals surface area contributed by atoms with Crippen LogP contribution < -0.4 is 14.8 Å². The molecule has 1 aromatic heterocycles. The topological polar surface area (TPSA) is 59.4 Å². The Kier molecular flexibility index (Phi) is 7.98. The van der Waals surface area contributed by atoms with Crippen LogP contribution in [0.5, 0.6) is 0 Å². The number of carbonyl (C=O) groups is 2. The van der Waals surface area contributed by atoms with Gasteiger partial charge in [0.25, 0.3) is 5.56 Å². The summed E-state index contributed by atoms with van der Waals surface area (Å²) in [6, 6.07) is 15.5. The lowest BCUT2D eigenvalue weighted by atomic mass is 9.86. The smallest absolute Gasteiger partial charge is 0.269 e. The zero-order valence-corrected chi connectivity index (χ0v) is 23.2. The lowest BCUT2D eigenvalue weighted by Gasteiger charge is -2.30. The second-order valence-electron chi connectivity index (χ2n) is 11.2. The summed E-state index contributed by atoms with van der Waals surface area (Å²) in [6.07, 6.45) is 5.27. The van der Waals surface area contributed by atoms with Crippen LogP contribution in [0.4, 0.5) is 0 Å². The molecule has 1 amide bonds. The van der Waals surface area contributed by atoms with E-state index in [0.29, 0.717) is 33.8 Å². The van der Waals surface area contributed by atoms with Crippen molar-refractivity contribution in [3.8, 4) is 0 Å². The van der Waals surface area contributed by atoms with E-state index in [4.69, 9.17) is 0 Å². The van der Waals surface area contributed by atoms with Crippen LogP contribution in [0.3, 0.4) is 0 Å².